The van der Waals surface area contributed by atoms with Gasteiger partial charge in [-0.2, -0.15) is 0 Å². The van der Waals surface area contributed by atoms with E-state index in [1.165, 1.54) is 6.20 Å². The highest BCUT2D eigenvalue weighted by molar-refractivity contribution is 5.92. The summed E-state index contributed by atoms with van der Waals surface area (Å²) in [5, 5.41) is 15.2. The van der Waals surface area contributed by atoms with Gasteiger partial charge in [0, 0.05) is 32.8 Å². The van der Waals surface area contributed by atoms with Crippen molar-refractivity contribution in [1.29, 1.82) is 0 Å². The van der Waals surface area contributed by atoms with Crippen LogP contribution in [0.1, 0.15) is 62.0 Å². The summed E-state index contributed by atoms with van der Waals surface area (Å²) < 4.78 is 5.59. The molecule has 0 radical (unpaired) electrons. The molecule has 1 amide bonds. The first kappa shape index (κ1) is 24.6. The topological polar surface area (TPSA) is 120 Å². The third-order valence-corrected chi connectivity index (χ3v) is 5.87. The molecule has 0 spiro atoms. The number of hydrogen-bond donors (Lipinski definition) is 4. The summed E-state index contributed by atoms with van der Waals surface area (Å²) in [7, 11) is 1.57. The molecule has 180 valence electrons. The molecule has 1 fully saturated rings. The molecule has 0 saturated carbocycles. The van der Waals surface area contributed by atoms with Crippen LogP contribution in [0.5, 0.6) is 0 Å². The molecule has 1 atom stereocenters. The molecule has 3 rings (SSSR count). The van der Waals surface area contributed by atoms with Crippen molar-refractivity contribution in [3.8, 4) is 0 Å². The van der Waals surface area contributed by atoms with Gasteiger partial charge in [-0.15, -0.1) is 0 Å². The second kappa shape index (κ2) is 11.2. The minimum atomic E-state index is -0.828. The smallest absolute Gasteiger partial charge is 0.303 e. The number of anilines is 3. The van der Waals surface area contributed by atoms with E-state index >= 15 is 0 Å². The number of aromatic amines is 1. The number of imidazole rings is 1. The molecule has 2 heterocycles. The van der Waals surface area contributed by atoms with E-state index in [4.69, 9.17) is 4.74 Å². The van der Waals surface area contributed by atoms with Gasteiger partial charge in [0.25, 0.3) is 5.91 Å². The number of carbonyl (C=O) groups is 2. The Labute approximate surface area is 194 Å². The average molecular weight is 458 g/mol. The second-order valence-electron chi connectivity index (χ2n) is 9.01. The lowest BCUT2D eigenvalue weighted by Crippen LogP contribution is -2.42. The summed E-state index contributed by atoms with van der Waals surface area (Å²) in [6.07, 6.45) is 3.44. The molecule has 1 saturated heterocycles. The van der Waals surface area contributed by atoms with E-state index in [1.807, 2.05) is 19.1 Å². The lowest BCUT2D eigenvalue weighted by atomic mass is 9.95. The Hall–Kier alpha value is -3.07. The maximum Gasteiger partial charge on any atom is 0.303 e. The molecule has 2 aromatic rings. The van der Waals surface area contributed by atoms with Crippen LogP contribution in [0.2, 0.25) is 0 Å². The Bertz CT molecular complexity index is 952. The van der Waals surface area contributed by atoms with Crippen molar-refractivity contribution in [2.75, 3.05) is 37.0 Å². The molecule has 1 aromatic carbocycles. The fraction of sp³-hybridized carbons (Fsp3) is 0.542. The molecule has 1 aliphatic rings. The lowest BCUT2D eigenvalue weighted by Gasteiger charge is -2.38. The number of carboxylic acid groups (broad SMARTS) is 1. The first-order valence-corrected chi connectivity index (χ1v) is 11.5. The minimum absolute atomic E-state index is 0.0516. The fourth-order valence-electron chi connectivity index (χ4n) is 4.19. The van der Waals surface area contributed by atoms with Crippen molar-refractivity contribution in [1.82, 2.24) is 15.3 Å². The monoisotopic (exact) mass is 457 g/mol. The molecule has 4 N–H and O–H groups in total. The van der Waals surface area contributed by atoms with E-state index in [0.29, 0.717) is 23.6 Å². The fourth-order valence-corrected chi connectivity index (χ4v) is 4.19. The van der Waals surface area contributed by atoms with Crippen molar-refractivity contribution in [2.45, 2.75) is 52.0 Å². The number of ether oxygens (including phenoxy) is 1. The zero-order chi connectivity index (χ0) is 24.0. The summed E-state index contributed by atoms with van der Waals surface area (Å²) in [5.41, 5.74) is 3.15. The number of amides is 1. The predicted octanol–water partition coefficient (Wildman–Crippen LogP) is 3.73. The zero-order valence-electron chi connectivity index (χ0n) is 19.9. The van der Waals surface area contributed by atoms with Gasteiger partial charge in [-0.25, -0.2) is 4.98 Å². The lowest BCUT2D eigenvalue weighted by molar-refractivity contribution is -0.137. The van der Waals surface area contributed by atoms with Crippen molar-refractivity contribution in [3.05, 3.63) is 35.7 Å². The summed E-state index contributed by atoms with van der Waals surface area (Å²) in [4.78, 5) is 33.0. The van der Waals surface area contributed by atoms with E-state index in [2.05, 4.69) is 45.4 Å². The Balaban J connectivity index is 2.00. The number of rotatable bonds is 10. The van der Waals surface area contributed by atoms with Gasteiger partial charge in [0.15, 0.2) is 0 Å². The Morgan fingerprint density at radius 2 is 2.00 bits per heavy atom. The summed E-state index contributed by atoms with van der Waals surface area (Å²) in [6, 6.07) is 6.43. The van der Waals surface area contributed by atoms with Crippen molar-refractivity contribution >= 4 is 29.2 Å². The number of nitrogens with one attached hydrogen (secondary N) is 3. The Morgan fingerprint density at radius 1 is 1.27 bits per heavy atom. The summed E-state index contributed by atoms with van der Waals surface area (Å²) in [5.74, 6) is -0.310. The van der Waals surface area contributed by atoms with Crippen molar-refractivity contribution in [2.24, 2.45) is 5.92 Å². The molecule has 1 aliphatic heterocycles. The first-order valence-electron chi connectivity index (χ1n) is 11.5. The molecular weight excluding hydrogens is 422 g/mol. The summed E-state index contributed by atoms with van der Waals surface area (Å²) >= 11 is 0. The molecule has 9 heteroatoms. The zero-order valence-corrected chi connectivity index (χ0v) is 19.9. The highest BCUT2D eigenvalue weighted by Gasteiger charge is 2.25. The molecular formula is C24H35N5O4. The van der Waals surface area contributed by atoms with Gasteiger partial charge >= 0.3 is 5.97 Å². The quantitative estimate of drug-likeness (QED) is 0.429. The Kier molecular flexibility index (Phi) is 8.32. The number of H-pyrrole nitrogens is 1. The number of nitrogens with zero attached hydrogens (tertiary/aromatic N) is 2. The van der Waals surface area contributed by atoms with E-state index in [-0.39, 0.29) is 18.2 Å². The van der Waals surface area contributed by atoms with Gasteiger partial charge in [-0.05, 0) is 42.4 Å². The third-order valence-electron chi connectivity index (χ3n) is 5.87. The highest BCUT2D eigenvalue weighted by Crippen LogP contribution is 2.35. The standard InChI is InChI=1S/C24H35N5O4/c1-15(2)14-29(18-7-9-33-10-8-18)21-6-5-17(16(3)11-22(30)31)12-19(21)27-24-26-13-20(28-24)23(32)25-4/h5-6,12-13,15-16,18H,7-11,14H2,1-4H3,(H,25,32)(H,30,31)(H2,26,27,28)/t16-/m1/s1. The minimum Gasteiger partial charge on any atom is -0.481 e. The van der Waals surface area contributed by atoms with Crippen molar-refractivity contribution < 1.29 is 19.4 Å². The number of hydrogen-bond acceptors (Lipinski definition) is 6. The van der Waals surface area contributed by atoms with Crippen LogP contribution in [0, 0.1) is 5.92 Å². The van der Waals surface area contributed by atoms with Crippen LogP contribution < -0.4 is 15.5 Å². The second-order valence-corrected chi connectivity index (χ2v) is 9.01. The highest BCUT2D eigenvalue weighted by atomic mass is 16.5. The molecule has 1 aromatic heterocycles. The van der Waals surface area contributed by atoms with E-state index in [0.717, 1.165) is 49.5 Å². The van der Waals surface area contributed by atoms with E-state index in [9.17, 15) is 14.7 Å². The van der Waals surface area contributed by atoms with Crippen LogP contribution in [-0.2, 0) is 9.53 Å². The van der Waals surface area contributed by atoms with Crippen LogP contribution in [0.15, 0.2) is 24.4 Å². The number of carbonyl (C=O) groups excluding carboxylic acids is 1. The van der Waals surface area contributed by atoms with E-state index < -0.39 is 5.97 Å². The van der Waals surface area contributed by atoms with Crippen LogP contribution in [0.4, 0.5) is 17.3 Å². The van der Waals surface area contributed by atoms with Gasteiger partial charge in [0.2, 0.25) is 5.95 Å². The van der Waals surface area contributed by atoms with Gasteiger partial charge in [-0.3, -0.25) is 9.59 Å². The van der Waals surface area contributed by atoms with Gasteiger partial charge in [0.05, 0.1) is 24.0 Å². The SMILES string of the molecule is CNC(=O)c1cnc(Nc2cc([C@H](C)CC(=O)O)ccc2N(CC(C)C)C2CCOCC2)[nH]1. The van der Waals surface area contributed by atoms with E-state index in [1.54, 1.807) is 7.05 Å². The largest absolute Gasteiger partial charge is 0.481 e. The molecule has 0 aliphatic carbocycles. The maximum atomic E-state index is 11.9. The number of benzene rings is 1. The van der Waals surface area contributed by atoms with Gasteiger partial charge < -0.3 is 30.4 Å². The van der Waals surface area contributed by atoms with Gasteiger partial charge in [0.1, 0.15) is 5.69 Å². The van der Waals surface area contributed by atoms with Crippen molar-refractivity contribution in [3.63, 3.8) is 0 Å². The molecule has 0 unspecified atom stereocenters. The van der Waals surface area contributed by atoms with Crippen LogP contribution in [-0.4, -0.2) is 59.8 Å². The average Bonchev–Trinajstić information content (AvgIpc) is 3.25. The number of aromatic nitrogens is 2. The normalized spacial score (nSPS) is 15.3. The Morgan fingerprint density at radius 3 is 2.64 bits per heavy atom. The van der Waals surface area contributed by atoms with Crippen LogP contribution in [0.3, 0.4) is 0 Å². The van der Waals surface area contributed by atoms with Gasteiger partial charge in [-0.1, -0.05) is 26.8 Å². The number of carboxylic acids is 1. The summed E-state index contributed by atoms with van der Waals surface area (Å²) in [6.45, 7) is 8.67. The molecule has 9 nitrogen and oxygen atoms in total. The number of aliphatic carboxylic acids is 1. The first-order chi connectivity index (χ1) is 15.8. The maximum absolute atomic E-state index is 11.9. The van der Waals surface area contributed by atoms with Crippen LogP contribution in [0.25, 0.3) is 0 Å². The molecule has 33 heavy (non-hydrogen) atoms. The molecule has 0 bridgehead atoms. The predicted molar refractivity (Wildman–Crippen MR) is 128 cm³/mol. The van der Waals surface area contributed by atoms with Crippen LogP contribution >= 0.6 is 0 Å². The third kappa shape index (κ3) is 6.47.